The SMILES string of the molecule is O=C(Nc1ccccc1Cl)C1CC(=O)N(c2ccccc2Cl)C1. The summed E-state index contributed by atoms with van der Waals surface area (Å²) in [6.07, 6.45) is 0.154. The van der Waals surface area contributed by atoms with E-state index in [-0.39, 0.29) is 18.2 Å². The van der Waals surface area contributed by atoms with E-state index < -0.39 is 5.92 Å². The molecule has 0 bridgehead atoms. The van der Waals surface area contributed by atoms with Gasteiger partial charge in [-0.15, -0.1) is 0 Å². The Kier molecular flexibility index (Phi) is 4.55. The summed E-state index contributed by atoms with van der Waals surface area (Å²) in [5.41, 5.74) is 1.18. The molecule has 0 aromatic heterocycles. The van der Waals surface area contributed by atoms with Gasteiger partial charge in [-0.05, 0) is 24.3 Å². The molecule has 6 heteroatoms. The fourth-order valence-corrected chi connectivity index (χ4v) is 3.00. The standard InChI is InChI=1S/C17H14Cl2N2O2/c18-12-5-1-3-7-14(12)20-17(23)11-9-16(22)21(10-11)15-8-4-2-6-13(15)19/h1-8,11H,9-10H2,(H,20,23). The number of amides is 2. The van der Waals surface area contributed by atoms with E-state index in [0.717, 1.165) is 0 Å². The summed E-state index contributed by atoms with van der Waals surface area (Å²) in [6.45, 7) is 0.304. The number of para-hydroxylation sites is 2. The molecule has 118 valence electrons. The number of anilines is 2. The monoisotopic (exact) mass is 348 g/mol. The molecule has 2 aromatic rings. The smallest absolute Gasteiger partial charge is 0.229 e. The average molecular weight is 349 g/mol. The molecule has 1 atom stereocenters. The minimum Gasteiger partial charge on any atom is -0.324 e. The molecule has 1 unspecified atom stereocenters. The first kappa shape index (κ1) is 15.8. The lowest BCUT2D eigenvalue weighted by Crippen LogP contribution is -2.28. The second-order valence-electron chi connectivity index (χ2n) is 5.33. The summed E-state index contributed by atoms with van der Waals surface area (Å²) in [4.78, 5) is 26.2. The molecule has 1 saturated heterocycles. The molecule has 2 aromatic carbocycles. The molecule has 0 saturated carbocycles. The van der Waals surface area contributed by atoms with Crippen molar-refractivity contribution in [2.24, 2.45) is 5.92 Å². The summed E-state index contributed by atoms with van der Waals surface area (Å²) in [7, 11) is 0. The van der Waals surface area contributed by atoms with Gasteiger partial charge in [0.1, 0.15) is 0 Å². The lowest BCUT2D eigenvalue weighted by atomic mass is 10.1. The Bertz CT molecular complexity index is 764. The van der Waals surface area contributed by atoms with Gasteiger partial charge in [0, 0.05) is 13.0 Å². The predicted molar refractivity (Wildman–Crippen MR) is 92.0 cm³/mol. The average Bonchev–Trinajstić information content (AvgIpc) is 2.92. The lowest BCUT2D eigenvalue weighted by Gasteiger charge is -2.18. The zero-order valence-electron chi connectivity index (χ0n) is 12.1. The maximum absolute atomic E-state index is 12.4. The van der Waals surface area contributed by atoms with E-state index in [1.807, 2.05) is 6.07 Å². The Morgan fingerprint density at radius 2 is 1.70 bits per heavy atom. The quantitative estimate of drug-likeness (QED) is 0.911. The van der Waals surface area contributed by atoms with Gasteiger partial charge in [0.15, 0.2) is 0 Å². The minimum absolute atomic E-state index is 0.114. The van der Waals surface area contributed by atoms with E-state index in [1.165, 1.54) is 0 Å². The second-order valence-corrected chi connectivity index (χ2v) is 6.14. The molecule has 1 N–H and O–H groups in total. The van der Waals surface area contributed by atoms with Crippen molar-refractivity contribution >= 4 is 46.4 Å². The fraction of sp³-hybridized carbons (Fsp3) is 0.176. The van der Waals surface area contributed by atoms with E-state index in [9.17, 15) is 9.59 Å². The molecule has 4 nitrogen and oxygen atoms in total. The van der Waals surface area contributed by atoms with Crippen molar-refractivity contribution in [1.82, 2.24) is 0 Å². The summed E-state index contributed by atoms with van der Waals surface area (Å²) >= 11 is 12.2. The highest BCUT2D eigenvalue weighted by atomic mass is 35.5. The number of hydrogen-bond donors (Lipinski definition) is 1. The Balaban J connectivity index is 1.74. The van der Waals surface area contributed by atoms with Crippen LogP contribution in [0.2, 0.25) is 10.0 Å². The molecule has 23 heavy (non-hydrogen) atoms. The van der Waals surface area contributed by atoms with Crippen molar-refractivity contribution < 1.29 is 9.59 Å². The summed E-state index contributed by atoms with van der Waals surface area (Å²) in [5.74, 6) is -0.770. The van der Waals surface area contributed by atoms with Crippen molar-refractivity contribution in [2.75, 3.05) is 16.8 Å². The topological polar surface area (TPSA) is 49.4 Å². The molecule has 1 aliphatic heterocycles. The lowest BCUT2D eigenvalue weighted by molar-refractivity contribution is -0.122. The number of nitrogens with one attached hydrogen (secondary N) is 1. The predicted octanol–water partition coefficient (Wildman–Crippen LogP) is 3.99. The first-order chi connectivity index (χ1) is 11.1. The highest BCUT2D eigenvalue weighted by Gasteiger charge is 2.36. The molecule has 0 radical (unpaired) electrons. The van der Waals surface area contributed by atoms with Crippen LogP contribution in [0.3, 0.4) is 0 Å². The van der Waals surface area contributed by atoms with Gasteiger partial charge in [-0.2, -0.15) is 0 Å². The van der Waals surface area contributed by atoms with Crippen LogP contribution in [0, 0.1) is 5.92 Å². The minimum atomic E-state index is -0.435. The Morgan fingerprint density at radius 3 is 2.39 bits per heavy atom. The van der Waals surface area contributed by atoms with Crippen LogP contribution in [0.1, 0.15) is 6.42 Å². The van der Waals surface area contributed by atoms with E-state index >= 15 is 0 Å². The highest BCUT2D eigenvalue weighted by Crippen LogP contribution is 2.31. The van der Waals surface area contributed by atoms with Crippen molar-refractivity contribution in [3.05, 3.63) is 58.6 Å². The van der Waals surface area contributed by atoms with Crippen LogP contribution >= 0.6 is 23.2 Å². The largest absolute Gasteiger partial charge is 0.324 e. The number of carbonyl (C=O) groups excluding carboxylic acids is 2. The van der Waals surface area contributed by atoms with E-state index in [4.69, 9.17) is 23.2 Å². The highest BCUT2D eigenvalue weighted by molar-refractivity contribution is 6.34. The third-order valence-corrected chi connectivity index (χ3v) is 4.42. The number of carbonyl (C=O) groups is 2. The molecular weight excluding hydrogens is 335 g/mol. The zero-order valence-corrected chi connectivity index (χ0v) is 13.6. The first-order valence-corrected chi connectivity index (χ1v) is 7.92. The van der Waals surface area contributed by atoms with Gasteiger partial charge in [-0.25, -0.2) is 0 Å². The van der Waals surface area contributed by atoms with Crippen LogP contribution in [-0.4, -0.2) is 18.4 Å². The van der Waals surface area contributed by atoms with Crippen LogP contribution in [0.15, 0.2) is 48.5 Å². The number of rotatable bonds is 3. The van der Waals surface area contributed by atoms with Gasteiger partial charge in [0.2, 0.25) is 11.8 Å². The fourth-order valence-electron chi connectivity index (χ4n) is 2.58. The number of benzene rings is 2. The summed E-state index contributed by atoms with van der Waals surface area (Å²) < 4.78 is 0. The Morgan fingerprint density at radius 1 is 1.04 bits per heavy atom. The first-order valence-electron chi connectivity index (χ1n) is 7.16. The van der Waals surface area contributed by atoms with Gasteiger partial charge < -0.3 is 10.2 Å². The second kappa shape index (κ2) is 6.60. The van der Waals surface area contributed by atoms with Crippen LogP contribution in [0.25, 0.3) is 0 Å². The van der Waals surface area contributed by atoms with Crippen LogP contribution in [0.4, 0.5) is 11.4 Å². The summed E-state index contributed by atoms with van der Waals surface area (Å²) in [5, 5.41) is 3.74. The van der Waals surface area contributed by atoms with Gasteiger partial charge in [-0.1, -0.05) is 47.5 Å². The van der Waals surface area contributed by atoms with Crippen LogP contribution in [-0.2, 0) is 9.59 Å². The Labute approximate surface area is 144 Å². The summed E-state index contributed by atoms with van der Waals surface area (Å²) in [6, 6.07) is 14.1. The third-order valence-electron chi connectivity index (χ3n) is 3.77. The maximum Gasteiger partial charge on any atom is 0.229 e. The van der Waals surface area contributed by atoms with E-state index in [0.29, 0.717) is 28.0 Å². The molecule has 1 fully saturated rings. The van der Waals surface area contributed by atoms with E-state index in [1.54, 1.807) is 47.4 Å². The molecular formula is C17H14Cl2N2O2. The van der Waals surface area contributed by atoms with Crippen molar-refractivity contribution in [2.45, 2.75) is 6.42 Å². The third kappa shape index (κ3) is 3.33. The van der Waals surface area contributed by atoms with Crippen molar-refractivity contribution in [3.8, 4) is 0 Å². The molecule has 3 rings (SSSR count). The number of halogens is 2. The van der Waals surface area contributed by atoms with Crippen molar-refractivity contribution in [1.29, 1.82) is 0 Å². The van der Waals surface area contributed by atoms with Gasteiger partial charge >= 0.3 is 0 Å². The zero-order chi connectivity index (χ0) is 16.4. The molecule has 1 heterocycles. The molecule has 1 aliphatic rings. The maximum atomic E-state index is 12.4. The van der Waals surface area contributed by atoms with Gasteiger partial charge in [0.05, 0.1) is 27.3 Å². The molecule has 0 aliphatic carbocycles. The van der Waals surface area contributed by atoms with Crippen LogP contribution in [0.5, 0.6) is 0 Å². The van der Waals surface area contributed by atoms with Crippen molar-refractivity contribution in [3.63, 3.8) is 0 Å². The van der Waals surface area contributed by atoms with E-state index in [2.05, 4.69) is 5.32 Å². The molecule has 2 amide bonds. The van der Waals surface area contributed by atoms with Crippen LogP contribution < -0.4 is 10.2 Å². The van der Waals surface area contributed by atoms with Gasteiger partial charge in [-0.3, -0.25) is 9.59 Å². The number of nitrogens with zero attached hydrogens (tertiary/aromatic N) is 1. The normalized spacial score (nSPS) is 17.4. The number of hydrogen-bond acceptors (Lipinski definition) is 2. The molecule has 0 spiro atoms. The Hall–Kier alpha value is -2.04. The van der Waals surface area contributed by atoms with Gasteiger partial charge in [0.25, 0.3) is 0 Å².